The molecule has 3 heterocycles. The first-order valence-corrected chi connectivity index (χ1v) is 6.46. The number of halogens is 1. The van der Waals surface area contributed by atoms with Crippen molar-refractivity contribution in [2.24, 2.45) is 0 Å². The zero-order chi connectivity index (χ0) is 13.5. The molecule has 0 spiro atoms. The lowest BCUT2D eigenvalue weighted by Gasteiger charge is -2.18. The predicted molar refractivity (Wildman–Crippen MR) is 72.2 cm³/mol. The molecule has 2 aromatic heterocycles. The second kappa shape index (κ2) is 4.35. The Morgan fingerprint density at radius 3 is 2.85 bits per heavy atom. The monoisotopic (exact) mass is 288 g/mol. The van der Waals surface area contributed by atoms with Crippen molar-refractivity contribution in [2.75, 3.05) is 13.2 Å². The van der Waals surface area contributed by atoms with Gasteiger partial charge in [0.15, 0.2) is 28.1 Å². The van der Waals surface area contributed by atoms with Gasteiger partial charge < -0.3 is 9.47 Å². The van der Waals surface area contributed by atoms with E-state index in [1.54, 1.807) is 16.8 Å². The van der Waals surface area contributed by atoms with Crippen LogP contribution in [0.5, 0.6) is 11.5 Å². The van der Waals surface area contributed by atoms with E-state index in [0.717, 1.165) is 11.3 Å². The molecule has 0 saturated heterocycles. The van der Waals surface area contributed by atoms with E-state index in [1.165, 1.54) is 0 Å². The van der Waals surface area contributed by atoms with Crippen LogP contribution in [0.3, 0.4) is 0 Å². The number of hydrogen-bond donors (Lipinski definition) is 0. The van der Waals surface area contributed by atoms with Crippen LogP contribution in [0, 0.1) is 0 Å². The molecular weight excluding hydrogens is 280 g/mol. The zero-order valence-corrected chi connectivity index (χ0v) is 11.0. The third kappa shape index (κ3) is 1.69. The minimum Gasteiger partial charge on any atom is -0.486 e. The number of rotatable bonds is 1. The van der Waals surface area contributed by atoms with E-state index in [0.29, 0.717) is 35.6 Å². The average Bonchev–Trinajstić information content (AvgIpc) is 2.92. The molecule has 0 atom stereocenters. The summed E-state index contributed by atoms with van der Waals surface area (Å²) in [5, 5.41) is 8.54. The van der Waals surface area contributed by atoms with Crippen LogP contribution in [-0.2, 0) is 0 Å². The molecular formula is C13H9ClN4O2. The summed E-state index contributed by atoms with van der Waals surface area (Å²) in [6, 6.07) is 5.67. The fraction of sp³-hybridized carbons (Fsp3) is 0.154. The van der Waals surface area contributed by atoms with Gasteiger partial charge in [-0.05, 0) is 18.2 Å². The van der Waals surface area contributed by atoms with Gasteiger partial charge in [-0.25, -0.2) is 4.98 Å². The number of fused-ring (bicyclic) bond motifs is 2. The van der Waals surface area contributed by atoms with Gasteiger partial charge in [-0.1, -0.05) is 11.6 Å². The summed E-state index contributed by atoms with van der Waals surface area (Å²) in [5.41, 5.74) is 1.41. The highest BCUT2D eigenvalue weighted by Crippen LogP contribution is 2.34. The zero-order valence-electron chi connectivity index (χ0n) is 10.3. The van der Waals surface area contributed by atoms with Crippen molar-refractivity contribution >= 4 is 17.2 Å². The van der Waals surface area contributed by atoms with Gasteiger partial charge >= 0.3 is 0 Å². The van der Waals surface area contributed by atoms with Gasteiger partial charge in [0, 0.05) is 18.0 Å². The summed E-state index contributed by atoms with van der Waals surface area (Å²) in [6.45, 7) is 1.12. The molecule has 0 N–H and O–H groups in total. The Balaban J connectivity index is 1.89. The first kappa shape index (κ1) is 11.5. The highest BCUT2D eigenvalue weighted by molar-refractivity contribution is 6.32. The van der Waals surface area contributed by atoms with E-state index in [-0.39, 0.29) is 0 Å². The third-order valence-corrected chi connectivity index (χ3v) is 3.35. The number of ether oxygens (including phenoxy) is 2. The van der Waals surface area contributed by atoms with Crippen molar-refractivity contribution in [3.63, 3.8) is 0 Å². The lowest BCUT2D eigenvalue weighted by molar-refractivity contribution is 0.171. The smallest absolute Gasteiger partial charge is 0.198 e. The van der Waals surface area contributed by atoms with Crippen molar-refractivity contribution in [3.8, 4) is 22.9 Å². The third-order valence-electron chi connectivity index (χ3n) is 3.08. The Kier molecular flexibility index (Phi) is 2.50. The van der Waals surface area contributed by atoms with E-state index < -0.39 is 0 Å². The van der Waals surface area contributed by atoms with Crippen molar-refractivity contribution in [1.82, 2.24) is 19.6 Å². The Bertz CT molecular complexity index is 802. The number of hydrogen-bond acceptors (Lipinski definition) is 5. The molecule has 0 fully saturated rings. The summed E-state index contributed by atoms with van der Waals surface area (Å²) >= 11 is 5.99. The Hall–Kier alpha value is -2.34. The van der Waals surface area contributed by atoms with Gasteiger partial charge in [0.25, 0.3) is 0 Å². The van der Waals surface area contributed by atoms with Crippen LogP contribution in [0.4, 0.5) is 0 Å². The van der Waals surface area contributed by atoms with E-state index in [2.05, 4.69) is 15.2 Å². The minimum atomic E-state index is 0.323. The summed E-state index contributed by atoms with van der Waals surface area (Å²) < 4.78 is 12.9. The molecule has 0 unspecified atom stereocenters. The van der Waals surface area contributed by atoms with Crippen LogP contribution in [0.1, 0.15) is 0 Å². The average molecular weight is 289 g/mol. The molecule has 0 amide bonds. The summed E-state index contributed by atoms with van der Waals surface area (Å²) in [5.74, 6) is 2.14. The highest BCUT2D eigenvalue weighted by atomic mass is 35.5. The van der Waals surface area contributed by atoms with Gasteiger partial charge in [0.05, 0.1) is 0 Å². The number of benzene rings is 1. The van der Waals surface area contributed by atoms with Gasteiger partial charge in [0.2, 0.25) is 0 Å². The molecule has 4 rings (SSSR count). The highest BCUT2D eigenvalue weighted by Gasteiger charge is 2.16. The fourth-order valence-corrected chi connectivity index (χ4v) is 2.36. The molecule has 0 bridgehead atoms. The topological polar surface area (TPSA) is 61.5 Å². The lowest BCUT2D eigenvalue weighted by Crippen LogP contribution is -2.15. The second-order valence-corrected chi connectivity index (χ2v) is 4.65. The van der Waals surface area contributed by atoms with Crippen LogP contribution in [-0.4, -0.2) is 32.8 Å². The fourth-order valence-electron chi connectivity index (χ4n) is 2.18. The molecule has 6 nitrogen and oxygen atoms in total. The van der Waals surface area contributed by atoms with Crippen molar-refractivity contribution in [2.45, 2.75) is 0 Å². The van der Waals surface area contributed by atoms with Crippen molar-refractivity contribution in [3.05, 3.63) is 35.7 Å². The molecule has 1 aliphatic rings. The summed E-state index contributed by atoms with van der Waals surface area (Å²) in [4.78, 5) is 3.98. The van der Waals surface area contributed by atoms with E-state index >= 15 is 0 Å². The van der Waals surface area contributed by atoms with Gasteiger partial charge in [-0.2, -0.15) is 0 Å². The second-order valence-electron chi connectivity index (χ2n) is 4.29. The maximum atomic E-state index is 5.99. The Morgan fingerprint density at radius 1 is 1.10 bits per heavy atom. The van der Waals surface area contributed by atoms with Gasteiger partial charge in [-0.15, -0.1) is 10.2 Å². The van der Waals surface area contributed by atoms with Crippen LogP contribution < -0.4 is 9.47 Å². The maximum absolute atomic E-state index is 5.99. The largest absolute Gasteiger partial charge is 0.486 e. The van der Waals surface area contributed by atoms with Crippen LogP contribution in [0.25, 0.3) is 17.0 Å². The first-order chi connectivity index (χ1) is 9.83. The molecule has 100 valence electrons. The minimum absolute atomic E-state index is 0.323. The molecule has 0 radical (unpaired) electrons. The van der Waals surface area contributed by atoms with Gasteiger partial charge in [-0.3, -0.25) is 4.40 Å². The molecule has 1 aliphatic heterocycles. The first-order valence-electron chi connectivity index (χ1n) is 6.08. The lowest BCUT2D eigenvalue weighted by atomic mass is 10.2. The predicted octanol–water partition coefficient (Wildman–Crippen LogP) is 2.22. The normalized spacial score (nSPS) is 13.7. The quantitative estimate of drug-likeness (QED) is 0.687. The van der Waals surface area contributed by atoms with Crippen LogP contribution in [0.15, 0.2) is 30.6 Å². The van der Waals surface area contributed by atoms with Crippen molar-refractivity contribution in [1.29, 1.82) is 0 Å². The summed E-state index contributed by atoms with van der Waals surface area (Å²) in [7, 11) is 0. The van der Waals surface area contributed by atoms with Gasteiger partial charge in [0.1, 0.15) is 13.2 Å². The molecule has 7 heteroatoms. The molecule has 3 aromatic rings. The summed E-state index contributed by atoms with van der Waals surface area (Å²) in [6.07, 6.45) is 3.38. The Labute approximate surface area is 118 Å². The van der Waals surface area contributed by atoms with E-state index in [1.807, 2.05) is 18.2 Å². The van der Waals surface area contributed by atoms with Crippen LogP contribution in [0.2, 0.25) is 5.15 Å². The number of nitrogens with zero attached hydrogens (tertiary/aromatic N) is 4. The molecule has 20 heavy (non-hydrogen) atoms. The van der Waals surface area contributed by atoms with E-state index in [4.69, 9.17) is 21.1 Å². The Morgan fingerprint density at radius 2 is 1.95 bits per heavy atom. The van der Waals surface area contributed by atoms with Crippen LogP contribution >= 0.6 is 11.6 Å². The standard InChI is InChI=1S/C13H9ClN4O2/c14-11-13-17-16-12(18(13)4-3-15-11)8-1-2-9-10(7-8)20-6-5-19-9/h1-4,7H,5-6H2. The molecule has 0 aliphatic carbocycles. The van der Waals surface area contributed by atoms with E-state index in [9.17, 15) is 0 Å². The SMILES string of the molecule is Clc1nccn2c(-c3ccc4c(c3)OCCO4)nnc12. The number of aromatic nitrogens is 4. The van der Waals surface area contributed by atoms with Crippen molar-refractivity contribution < 1.29 is 9.47 Å². The molecule has 1 aromatic carbocycles. The molecule has 0 saturated carbocycles. The maximum Gasteiger partial charge on any atom is 0.198 e.